The molecule has 1 aromatic rings. The Morgan fingerprint density at radius 2 is 1.88 bits per heavy atom. The van der Waals surface area contributed by atoms with Crippen LogP contribution in [0.25, 0.3) is 0 Å². The van der Waals surface area contributed by atoms with Crippen molar-refractivity contribution in [2.75, 3.05) is 6.54 Å². The summed E-state index contributed by atoms with van der Waals surface area (Å²) in [6, 6.07) is 9.18. The van der Waals surface area contributed by atoms with Crippen molar-refractivity contribution in [3.63, 3.8) is 0 Å². The molecule has 1 aromatic carbocycles. The maximum absolute atomic E-state index is 12.0. The summed E-state index contributed by atoms with van der Waals surface area (Å²) in [5.74, 6) is 0.0234. The van der Waals surface area contributed by atoms with Gasteiger partial charge >= 0.3 is 0 Å². The summed E-state index contributed by atoms with van der Waals surface area (Å²) in [6.45, 7) is 0.376. The largest absolute Gasteiger partial charge is 0.329 e. The monoisotopic (exact) mass is 254 g/mol. The number of nitrogens with one attached hydrogen (secondary N) is 1. The van der Waals surface area contributed by atoms with Crippen molar-refractivity contribution in [1.29, 1.82) is 0 Å². The minimum Gasteiger partial charge on any atom is -0.329 e. The van der Waals surface area contributed by atoms with Gasteiger partial charge in [0.05, 0.1) is 5.75 Å². The van der Waals surface area contributed by atoms with Crippen LogP contribution in [0.4, 0.5) is 0 Å². The minimum absolute atomic E-state index is 0.0234. The van der Waals surface area contributed by atoms with Gasteiger partial charge in [0.2, 0.25) is 10.0 Å². The molecule has 0 atom stereocenters. The number of sulfonamides is 1. The molecule has 0 radical (unpaired) electrons. The van der Waals surface area contributed by atoms with Crippen molar-refractivity contribution < 1.29 is 8.42 Å². The van der Waals surface area contributed by atoms with E-state index in [2.05, 4.69) is 4.72 Å². The second-order valence-electron chi connectivity index (χ2n) is 4.68. The van der Waals surface area contributed by atoms with Gasteiger partial charge in [-0.15, -0.1) is 0 Å². The molecule has 94 valence electrons. The highest BCUT2D eigenvalue weighted by molar-refractivity contribution is 7.88. The van der Waals surface area contributed by atoms with Crippen LogP contribution < -0.4 is 10.5 Å². The van der Waals surface area contributed by atoms with Crippen LogP contribution in [0, 0.1) is 0 Å². The van der Waals surface area contributed by atoms with Crippen LogP contribution in [0.2, 0.25) is 0 Å². The van der Waals surface area contributed by atoms with Gasteiger partial charge in [-0.05, 0) is 24.8 Å². The molecule has 0 bridgehead atoms. The highest BCUT2D eigenvalue weighted by atomic mass is 32.2. The Hall–Kier alpha value is -0.910. The molecule has 5 heteroatoms. The lowest BCUT2D eigenvalue weighted by Gasteiger charge is -2.41. The Morgan fingerprint density at radius 3 is 2.35 bits per heavy atom. The molecule has 1 aliphatic carbocycles. The normalized spacial score (nSPS) is 18.6. The van der Waals surface area contributed by atoms with Crippen LogP contribution in [0.1, 0.15) is 24.8 Å². The summed E-state index contributed by atoms with van der Waals surface area (Å²) in [6.07, 6.45) is 2.74. The molecule has 0 aromatic heterocycles. The van der Waals surface area contributed by atoms with E-state index >= 15 is 0 Å². The third kappa shape index (κ3) is 3.06. The average molecular weight is 254 g/mol. The summed E-state index contributed by atoms with van der Waals surface area (Å²) in [7, 11) is -3.30. The predicted molar refractivity (Wildman–Crippen MR) is 67.8 cm³/mol. The van der Waals surface area contributed by atoms with Crippen LogP contribution in [0.15, 0.2) is 30.3 Å². The zero-order valence-electron chi connectivity index (χ0n) is 9.72. The summed E-state index contributed by atoms with van der Waals surface area (Å²) in [5, 5.41) is 0. The highest BCUT2D eigenvalue weighted by Crippen LogP contribution is 2.31. The molecule has 0 unspecified atom stereocenters. The molecule has 0 heterocycles. The standard InChI is InChI=1S/C12H18N2O2S/c13-10-12(7-4-8-12)14-17(15,16)9-11-5-2-1-3-6-11/h1-3,5-6,14H,4,7-10,13H2. The molecule has 1 aliphatic rings. The molecule has 17 heavy (non-hydrogen) atoms. The van der Waals surface area contributed by atoms with Crippen molar-refractivity contribution in [2.24, 2.45) is 5.73 Å². The molecule has 1 fully saturated rings. The van der Waals surface area contributed by atoms with E-state index in [1.54, 1.807) is 0 Å². The van der Waals surface area contributed by atoms with Crippen molar-refractivity contribution in [3.05, 3.63) is 35.9 Å². The summed E-state index contributed by atoms with van der Waals surface area (Å²) >= 11 is 0. The van der Waals surface area contributed by atoms with Crippen molar-refractivity contribution >= 4 is 10.0 Å². The van der Waals surface area contributed by atoms with Gasteiger partial charge in [0.1, 0.15) is 0 Å². The maximum Gasteiger partial charge on any atom is 0.216 e. The van der Waals surface area contributed by atoms with Gasteiger partial charge in [-0.25, -0.2) is 13.1 Å². The fourth-order valence-corrected chi connectivity index (χ4v) is 3.76. The number of hydrogen-bond acceptors (Lipinski definition) is 3. The predicted octanol–water partition coefficient (Wildman–Crippen LogP) is 0.987. The second-order valence-corrected chi connectivity index (χ2v) is 6.41. The Labute approximate surface area is 102 Å². The molecule has 0 spiro atoms. The quantitative estimate of drug-likeness (QED) is 0.823. The molecular formula is C12H18N2O2S. The van der Waals surface area contributed by atoms with Gasteiger partial charge in [0, 0.05) is 12.1 Å². The van der Waals surface area contributed by atoms with Crippen molar-refractivity contribution in [3.8, 4) is 0 Å². The first kappa shape index (κ1) is 12.5. The Morgan fingerprint density at radius 1 is 1.24 bits per heavy atom. The van der Waals surface area contributed by atoms with Crippen LogP contribution in [-0.2, 0) is 15.8 Å². The average Bonchev–Trinajstić information content (AvgIpc) is 2.24. The smallest absolute Gasteiger partial charge is 0.216 e. The lowest BCUT2D eigenvalue weighted by atomic mass is 9.78. The first-order chi connectivity index (χ1) is 8.05. The molecule has 4 nitrogen and oxygen atoms in total. The topological polar surface area (TPSA) is 72.2 Å². The van der Waals surface area contributed by atoms with E-state index in [-0.39, 0.29) is 11.3 Å². The molecule has 1 saturated carbocycles. The Bertz CT molecular complexity index is 461. The van der Waals surface area contributed by atoms with Crippen molar-refractivity contribution in [1.82, 2.24) is 4.72 Å². The summed E-state index contributed by atoms with van der Waals surface area (Å²) in [4.78, 5) is 0. The summed E-state index contributed by atoms with van der Waals surface area (Å²) < 4.78 is 26.8. The third-order valence-corrected chi connectivity index (χ3v) is 4.73. The first-order valence-corrected chi connectivity index (χ1v) is 7.46. The first-order valence-electron chi connectivity index (χ1n) is 5.81. The fourth-order valence-electron chi connectivity index (χ4n) is 2.11. The summed E-state index contributed by atoms with van der Waals surface area (Å²) in [5.41, 5.74) is 6.06. The van der Waals surface area contributed by atoms with E-state index in [1.165, 1.54) is 0 Å². The van der Waals surface area contributed by atoms with E-state index in [0.717, 1.165) is 24.8 Å². The molecule has 0 aliphatic heterocycles. The van der Waals surface area contributed by atoms with Crippen molar-refractivity contribution in [2.45, 2.75) is 30.6 Å². The second kappa shape index (κ2) is 4.76. The van der Waals surface area contributed by atoms with Gasteiger partial charge < -0.3 is 5.73 Å². The highest BCUT2D eigenvalue weighted by Gasteiger charge is 2.38. The minimum atomic E-state index is -3.30. The molecule has 0 saturated heterocycles. The van der Waals surface area contributed by atoms with Crippen LogP contribution in [0.5, 0.6) is 0 Å². The number of hydrogen-bond donors (Lipinski definition) is 2. The Balaban J connectivity index is 2.05. The van der Waals surface area contributed by atoms with Gasteiger partial charge in [0.15, 0.2) is 0 Å². The van der Waals surface area contributed by atoms with Gasteiger partial charge in [0.25, 0.3) is 0 Å². The van der Waals surface area contributed by atoms with E-state index < -0.39 is 10.0 Å². The number of nitrogens with two attached hydrogens (primary N) is 1. The Kier molecular flexibility index (Phi) is 3.51. The maximum atomic E-state index is 12.0. The van der Waals surface area contributed by atoms with Gasteiger partial charge in [-0.2, -0.15) is 0 Å². The molecule has 2 rings (SSSR count). The third-order valence-electron chi connectivity index (χ3n) is 3.27. The zero-order chi connectivity index (χ0) is 12.4. The van der Waals surface area contributed by atoms with Crippen LogP contribution in [0.3, 0.4) is 0 Å². The number of benzene rings is 1. The van der Waals surface area contributed by atoms with E-state index in [1.807, 2.05) is 30.3 Å². The molecule has 0 amide bonds. The van der Waals surface area contributed by atoms with E-state index in [4.69, 9.17) is 5.73 Å². The molecular weight excluding hydrogens is 236 g/mol. The van der Waals surface area contributed by atoms with E-state index in [0.29, 0.717) is 6.54 Å². The molecule has 3 N–H and O–H groups in total. The SMILES string of the molecule is NCC1(NS(=O)(=O)Cc2ccccc2)CCC1. The number of rotatable bonds is 5. The lowest BCUT2D eigenvalue weighted by Crippen LogP contribution is -2.58. The van der Waals surface area contributed by atoms with Crippen LogP contribution >= 0.6 is 0 Å². The van der Waals surface area contributed by atoms with Gasteiger partial charge in [-0.3, -0.25) is 0 Å². The van der Waals surface area contributed by atoms with Crippen LogP contribution in [-0.4, -0.2) is 20.5 Å². The fraction of sp³-hybridized carbons (Fsp3) is 0.500. The zero-order valence-corrected chi connectivity index (χ0v) is 10.5. The lowest BCUT2D eigenvalue weighted by molar-refractivity contribution is 0.230. The van der Waals surface area contributed by atoms with E-state index in [9.17, 15) is 8.42 Å². The van der Waals surface area contributed by atoms with Gasteiger partial charge in [-0.1, -0.05) is 30.3 Å².